The summed E-state index contributed by atoms with van der Waals surface area (Å²) in [7, 11) is 0. The van der Waals surface area contributed by atoms with E-state index < -0.39 is 10.8 Å². The first-order valence-corrected chi connectivity index (χ1v) is 10.9. The van der Waals surface area contributed by atoms with Gasteiger partial charge >= 0.3 is 0 Å². The fourth-order valence-corrected chi connectivity index (χ4v) is 5.17. The zero-order valence-corrected chi connectivity index (χ0v) is 18.7. The minimum atomic E-state index is -0.794. The van der Waals surface area contributed by atoms with Crippen molar-refractivity contribution in [2.75, 3.05) is 0 Å². The Kier molecular flexibility index (Phi) is 6.75. The molecule has 8 heteroatoms. The quantitative estimate of drug-likeness (QED) is 0.425. The average Bonchev–Trinajstić information content (AvgIpc) is 2.72. The first-order valence-electron chi connectivity index (χ1n) is 9.07. The van der Waals surface area contributed by atoms with Gasteiger partial charge in [0.15, 0.2) is 5.78 Å². The van der Waals surface area contributed by atoms with Gasteiger partial charge in [-0.15, -0.1) is 11.8 Å². The van der Waals surface area contributed by atoms with Crippen LogP contribution < -0.4 is 5.32 Å². The van der Waals surface area contributed by atoms with Gasteiger partial charge in [0.1, 0.15) is 0 Å². The Morgan fingerprint density at radius 3 is 2.57 bits per heavy atom. The summed E-state index contributed by atoms with van der Waals surface area (Å²) in [5.41, 5.74) is 2.54. The molecule has 0 spiro atoms. The van der Waals surface area contributed by atoms with Crippen molar-refractivity contribution in [3.63, 3.8) is 0 Å². The number of Topliss-reactive ketones (excluding diaryl/α,β-unsaturated/α-hetero) is 1. The molecule has 0 radical (unpaired) electrons. The van der Waals surface area contributed by atoms with Crippen LogP contribution in [0.25, 0.3) is 0 Å². The smallest absolute Gasteiger partial charge is 0.273 e. The average molecular weight is 484 g/mol. The van der Waals surface area contributed by atoms with E-state index in [0.717, 1.165) is 10.0 Å². The number of nitro groups is 1. The monoisotopic (exact) mass is 483 g/mol. The highest BCUT2D eigenvalue weighted by Gasteiger charge is 2.36. The first-order chi connectivity index (χ1) is 14.3. The summed E-state index contributed by atoms with van der Waals surface area (Å²) in [5.74, 6) is -0.441. The number of para-hydroxylation sites is 1. The number of halogens is 1. The number of nitrogens with one attached hydrogen (secondary N) is 1. The number of nitro benzene ring substituents is 1. The molecule has 0 saturated heterocycles. The molecule has 1 N–H and O–H groups in total. The second-order valence-corrected chi connectivity index (χ2v) is 8.54. The summed E-state index contributed by atoms with van der Waals surface area (Å²) in [5, 5.41) is 25.4. The summed E-state index contributed by atoms with van der Waals surface area (Å²) in [6.07, 6.45) is 0. The number of dihydropyridines is 1. The molecule has 0 aromatic heterocycles. The number of hydrogen-bond acceptors (Lipinski definition) is 6. The van der Waals surface area contributed by atoms with E-state index in [4.69, 9.17) is 0 Å². The van der Waals surface area contributed by atoms with Crippen molar-refractivity contribution in [1.29, 1.82) is 5.26 Å². The molecule has 0 aliphatic carbocycles. The predicted molar refractivity (Wildman–Crippen MR) is 120 cm³/mol. The van der Waals surface area contributed by atoms with Gasteiger partial charge in [-0.1, -0.05) is 52.3 Å². The Hall–Kier alpha value is -2.89. The first kappa shape index (κ1) is 21.8. The molecule has 0 fully saturated rings. The second-order valence-electron chi connectivity index (χ2n) is 6.70. The lowest BCUT2D eigenvalue weighted by Crippen LogP contribution is -2.27. The summed E-state index contributed by atoms with van der Waals surface area (Å²) in [6.45, 7) is 3.17. The molecular weight excluding hydrogens is 466 g/mol. The number of benzene rings is 2. The van der Waals surface area contributed by atoms with Gasteiger partial charge in [-0.25, -0.2) is 0 Å². The largest absolute Gasteiger partial charge is 0.353 e. The lowest BCUT2D eigenvalue weighted by atomic mass is 9.80. The molecule has 1 aliphatic rings. The lowest BCUT2D eigenvalue weighted by molar-refractivity contribution is -0.385. The molecule has 0 amide bonds. The molecule has 1 heterocycles. The third kappa shape index (κ3) is 4.32. The molecule has 2 aromatic rings. The Bertz CT molecular complexity index is 1130. The van der Waals surface area contributed by atoms with Crippen LogP contribution in [-0.4, -0.2) is 10.7 Å². The summed E-state index contributed by atoms with van der Waals surface area (Å²) in [4.78, 5) is 23.6. The molecule has 152 valence electrons. The van der Waals surface area contributed by atoms with Crippen molar-refractivity contribution in [2.45, 2.75) is 25.5 Å². The molecule has 0 saturated carbocycles. The van der Waals surface area contributed by atoms with Crippen LogP contribution in [0.2, 0.25) is 0 Å². The Morgan fingerprint density at radius 1 is 1.27 bits per heavy atom. The zero-order valence-electron chi connectivity index (χ0n) is 16.3. The Balaban J connectivity index is 2.11. The van der Waals surface area contributed by atoms with Gasteiger partial charge in [-0.2, -0.15) is 5.26 Å². The zero-order chi connectivity index (χ0) is 21.8. The number of hydrogen-bond donors (Lipinski definition) is 1. The number of carbonyl (C=O) groups is 1. The molecule has 1 unspecified atom stereocenters. The van der Waals surface area contributed by atoms with E-state index in [1.54, 1.807) is 25.1 Å². The van der Waals surface area contributed by atoms with E-state index >= 15 is 0 Å². The highest BCUT2D eigenvalue weighted by molar-refractivity contribution is 9.10. The highest BCUT2D eigenvalue weighted by Crippen LogP contribution is 2.44. The van der Waals surface area contributed by atoms with Crippen LogP contribution in [0, 0.1) is 21.4 Å². The molecule has 30 heavy (non-hydrogen) atoms. The molecular formula is C22H18BrN3O3S. The van der Waals surface area contributed by atoms with Crippen molar-refractivity contribution >= 4 is 39.2 Å². The SMILES string of the molecule is CC(=O)C1=C(C)NC(SCc2ccccc2Br)=C(C#N)C1c1ccccc1[N+](=O)[O-]. The third-order valence-corrected chi connectivity index (χ3v) is 6.64. The number of allylic oxidation sites excluding steroid dienone is 3. The van der Waals surface area contributed by atoms with Gasteiger partial charge < -0.3 is 5.32 Å². The van der Waals surface area contributed by atoms with Crippen molar-refractivity contribution in [3.05, 3.63) is 96.1 Å². The van der Waals surface area contributed by atoms with Gasteiger partial charge in [0.05, 0.1) is 27.5 Å². The Labute approximate surface area is 187 Å². The van der Waals surface area contributed by atoms with Gasteiger partial charge in [0.2, 0.25) is 0 Å². The van der Waals surface area contributed by atoms with Gasteiger partial charge in [-0.05, 0) is 25.5 Å². The molecule has 1 atom stereocenters. The van der Waals surface area contributed by atoms with Crippen molar-refractivity contribution < 1.29 is 9.72 Å². The van der Waals surface area contributed by atoms with Crippen molar-refractivity contribution in [1.82, 2.24) is 5.32 Å². The molecule has 6 nitrogen and oxygen atoms in total. The van der Waals surface area contributed by atoms with Gasteiger partial charge in [-0.3, -0.25) is 14.9 Å². The van der Waals surface area contributed by atoms with Crippen LogP contribution in [0.3, 0.4) is 0 Å². The van der Waals surface area contributed by atoms with Gasteiger partial charge in [0.25, 0.3) is 5.69 Å². The topological polar surface area (TPSA) is 96.0 Å². The number of nitrogens with zero attached hydrogens (tertiary/aromatic N) is 2. The standard InChI is InChI=1S/C22H18BrN3O3S/c1-13-20(14(2)27)21(16-8-4-6-10-19(16)26(28)29)17(11-24)22(25-13)30-12-15-7-3-5-9-18(15)23/h3-10,21,25H,12H2,1-2H3. The van der Waals surface area contributed by atoms with E-state index in [0.29, 0.717) is 33.2 Å². The predicted octanol–water partition coefficient (Wildman–Crippen LogP) is 5.58. The normalized spacial score (nSPS) is 16.1. The van der Waals surface area contributed by atoms with E-state index in [9.17, 15) is 20.2 Å². The van der Waals surface area contributed by atoms with E-state index in [1.807, 2.05) is 24.3 Å². The summed E-state index contributed by atoms with van der Waals surface area (Å²) >= 11 is 4.95. The molecule has 1 aliphatic heterocycles. The summed E-state index contributed by atoms with van der Waals surface area (Å²) < 4.78 is 0.958. The van der Waals surface area contributed by atoms with E-state index in [1.165, 1.54) is 24.8 Å². The highest BCUT2D eigenvalue weighted by atomic mass is 79.9. The fraction of sp³-hybridized carbons (Fsp3) is 0.182. The van der Waals surface area contributed by atoms with Crippen molar-refractivity contribution in [3.8, 4) is 6.07 Å². The third-order valence-electron chi connectivity index (χ3n) is 4.80. The summed E-state index contributed by atoms with van der Waals surface area (Å²) in [6, 6.07) is 16.2. The minimum Gasteiger partial charge on any atom is -0.353 e. The van der Waals surface area contributed by atoms with E-state index in [-0.39, 0.29) is 11.5 Å². The number of ketones is 1. The number of carbonyl (C=O) groups excluding carboxylic acids is 1. The number of thioether (sulfide) groups is 1. The minimum absolute atomic E-state index is 0.112. The van der Waals surface area contributed by atoms with Crippen LogP contribution >= 0.6 is 27.7 Å². The number of rotatable bonds is 6. The second kappa shape index (κ2) is 9.28. The number of nitriles is 1. The molecule has 3 rings (SSSR count). The molecule has 2 aromatic carbocycles. The maximum absolute atomic E-state index is 12.5. The van der Waals surface area contributed by atoms with Crippen LogP contribution in [0.4, 0.5) is 5.69 Å². The molecule has 0 bridgehead atoms. The van der Waals surface area contributed by atoms with Crippen molar-refractivity contribution in [2.24, 2.45) is 0 Å². The fourth-order valence-electron chi connectivity index (χ4n) is 3.47. The van der Waals surface area contributed by atoms with Crippen LogP contribution in [0.1, 0.15) is 30.9 Å². The van der Waals surface area contributed by atoms with E-state index in [2.05, 4.69) is 27.3 Å². The van der Waals surface area contributed by atoms with Crippen LogP contribution in [0.5, 0.6) is 0 Å². The maximum atomic E-state index is 12.5. The van der Waals surface area contributed by atoms with Crippen LogP contribution in [-0.2, 0) is 10.5 Å². The lowest BCUT2D eigenvalue weighted by Gasteiger charge is -2.29. The van der Waals surface area contributed by atoms with Gasteiger partial charge in [0, 0.05) is 33.1 Å². The van der Waals surface area contributed by atoms with Crippen LogP contribution in [0.15, 0.2) is 74.9 Å². The Morgan fingerprint density at radius 2 is 1.93 bits per heavy atom. The maximum Gasteiger partial charge on any atom is 0.273 e.